The predicted molar refractivity (Wildman–Crippen MR) is 50.6 cm³/mol. The SMILES string of the molecule is CC1CCN([C@@H]2COC[C@H]2O)CC1. The van der Waals surface area contributed by atoms with E-state index in [-0.39, 0.29) is 12.1 Å². The van der Waals surface area contributed by atoms with Gasteiger partial charge in [-0.2, -0.15) is 0 Å². The average molecular weight is 185 g/mol. The molecule has 0 spiro atoms. The summed E-state index contributed by atoms with van der Waals surface area (Å²) in [6.45, 7) is 5.81. The molecule has 0 radical (unpaired) electrons. The second-order valence-electron chi connectivity index (χ2n) is 4.39. The lowest BCUT2D eigenvalue weighted by molar-refractivity contribution is 0.0609. The standard InChI is InChI=1S/C10H19NO2/c1-8-2-4-11(5-3-8)9-6-13-7-10(9)12/h8-10,12H,2-7H2,1H3/t9-,10-/m1/s1. The molecule has 0 bridgehead atoms. The fourth-order valence-electron chi connectivity index (χ4n) is 2.24. The molecule has 2 atom stereocenters. The van der Waals surface area contributed by atoms with Crippen LogP contribution < -0.4 is 0 Å². The molecule has 3 heteroatoms. The van der Waals surface area contributed by atoms with E-state index < -0.39 is 0 Å². The highest BCUT2D eigenvalue weighted by Gasteiger charge is 2.32. The molecular formula is C10H19NO2. The van der Waals surface area contributed by atoms with Gasteiger partial charge < -0.3 is 9.84 Å². The Morgan fingerprint density at radius 2 is 1.92 bits per heavy atom. The van der Waals surface area contributed by atoms with E-state index in [0.717, 1.165) is 25.6 Å². The predicted octanol–water partition coefficient (Wildman–Crippen LogP) is 0.478. The third-order valence-corrected chi connectivity index (χ3v) is 3.31. The minimum absolute atomic E-state index is 0.256. The summed E-state index contributed by atoms with van der Waals surface area (Å²) in [5, 5.41) is 9.64. The van der Waals surface area contributed by atoms with Crippen LogP contribution in [0.3, 0.4) is 0 Å². The topological polar surface area (TPSA) is 32.7 Å². The van der Waals surface area contributed by atoms with Gasteiger partial charge in [0.25, 0.3) is 0 Å². The van der Waals surface area contributed by atoms with E-state index in [9.17, 15) is 5.11 Å². The lowest BCUT2D eigenvalue weighted by Crippen LogP contribution is -2.46. The summed E-state index contributed by atoms with van der Waals surface area (Å²) in [6.07, 6.45) is 2.28. The molecule has 2 aliphatic rings. The van der Waals surface area contributed by atoms with Gasteiger partial charge in [-0.25, -0.2) is 0 Å². The van der Waals surface area contributed by atoms with Gasteiger partial charge in [-0.3, -0.25) is 4.90 Å². The van der Waals surface area contributed by atoms with Gasteiger partial charge in [0.15, 0.2) is 0 Å². The van der Waals surface area contributed by atoms with Crippen molar-refractivity contribution >= 4 is 0 Å². The van der Waals surface area contributed by atoms with Gasteiger partial charge in [-0.15, -0.1) is 0 Å². The summed E-state index contributed by atoms with van der Waals surface area (Å²) in [6, 6.07) is 0.271. The molecule has 0 unspecified atom stereocenters. The van der Waals surface area contributed by atoms with Crippen LogP contribution in [-0.2, 0) is 4.74 Å². The molecule has 0 aromatic carbocycles. The van der Waals surface area contributed by atoms with Crippen LogP contribution in [0.1, 0.15) is 19.8 Å². The normalized spacial score (nSPS) is 38.3. The summed E-state index contributed by atoms with van der Waals surface area (Å²) in [4.78, 5) is 2.39. The van der Waals surface area contributed by atoms with Gasteiger partial charge in [0.1, 0.15) is 0 Å². The Morgan fingerprint density at radius 3 is 2.46 bits per heavy atom. The number of nitrogens with zero attached hydrogens (tertiary/aromatic N) is 1. The molecular weight excluding hydrogens is 166 g/mol. The number of piperidine rings is 1. The molecule has 0 aromatic rings. The van der Waals surface area contributed by atoms with Crippen molar-refractivity contribution in [3.05, 3.63) is 0 Å². The van der Waals surface area contributed by atoms with Gasteiger partial charge in [0.05, 0.1) is 25.4 Å². The Labute approximate surface area is 79.7 Å². The second-order valence-corrected chi connectivity index (χ2v) is 4.39. The Morgan fingerprint density at radius 1 is 1.23 bits per heavy atom. The van der Waals surface area contributed by atoms with Crippen molar-refractivity contribution in [3.63, 3.8) is 0 Å². The van der Waals surface area contributed by atoms with Crippen molar-refractivity contribution < 1.29 is 9.84 Å². The second kappa shape index (κ2) is 3.95. The van der Waals surface area contributed by atoms with E-state index in [0.29, 0.717) is 6.61 Å². The lowest BCUT2D eigenvalue weighted by Gasteiger charge is -2.35. The fraction of sp³-hybridized carbons (Fsp3) is 1.00. The van der Waals surface area contributed by atoms with E-state index in [1.54, 1.807) is 0 Å². The smallest absolute Gasteiger partial charge is 0.0950 e. The number of aliphatic hydroxyl groups is 1. The van der Waals surface area contributed by atoms with E-state index in [1.165, 1.54) is 12.8 Å². The molecule has 13 heavy (non-hydrogen) atoms. The van der Waals surface area contributed by atoms with Crippen molar-refractivity contribution in [1.82, 2.24) is 4.90 Å². The summed E-state index contributed by atoms with van der Waals surface area (Å²) in [5.74, 6) is 0.857. The van der Waals surface area contributed by atoms with Gasteiger partial charge in [-0.1, -0.05) is 6.92 Å². The van der Waals surface area contributed by atoms with E-state index >= 15 is 0 Å². The van der Waals surface area contributed by atoms with Gasteiger partial charge in [-0.05, 0) is 31.8 Å². The van der Waals surface area contributed by atoms with Crippen molar-refractivity contribution in [2.45, 2.75) is 31.9 Å². The first-order valence-corrected chi connectivity index (χ1v) is 5.27. The summed E-state index contributed by atoms with van der Waals surface area (Å²) in [5.41, 5.74) is 0. The van der Waals surface area contributed by atoms with Crippen molar-refractivity contribution in [1.29, 1.82) is 0 Å². The van der Waals surface area contributed by atoms with Crippen LogP contribution in [0, 0.1) is 5.92 Å². The molecule has 2 rings (SSSR count). The molecule has 0 amide bonds. The van der Waals surface area contributed by atoms with Gasteiger partial charge in [0.2, 0.25) is 0 Å². The quantitative estimate of drug-likeness (QED) is 0.645. The van der Waals surface area contributed by atoms with Gasteiger partial charge in [0, 0.05) is 0 Å². The Bertz CT molecular complexity index is 166. The number of ether oxygens (including phenoxy) is 1. The number of rotatable bonds is 1. The first-order chi connectivity index (χ1) is 6.27. The third-order valence-electron chi connectivity index (χ3n) is 3.31. The highest BCUT2D eigenvalue weighted by Crippen LogP contribution is 2.21. The highest BCUT2D eigenvalue weighted by atomic mass is 16.5. The molecule has 2 aliphatic heterocycles. The zero-order valence-electron chi connectivity index (χ0n) is 8.28. The molecule has 76 valence electrons. The Kier molecular flexibility index (Phi) is 2.86. The van der Waals surface area contributed by atoms with Crippen LogP contribution in [0.4, 0.5) is 0 Å². The number of hydrogen-bond donors (Lipinski definition) is 1. The molecule has 2 saturated heterocycles. The summed E-state index contributed by atoms with van der Waals surface area (Å²) >= 11 is 0. The molecule has 0 saturated carbocycles. The molecule has 3 nitrogen and oxygen atoms in total. The summed E-state index contributed by atoms with van der Waals surface area (Å²) in [7, 11) is 0. The Balaban J connectivity index is 1.86. The molecule has 1 N–H and O–H groups in total. The number of likely N-dealkylation sites (tertiary alicyclic amines) is 1. The first kappa shape index (κ1) is 9.44. The van der Waals surface area contributed by atoms with Crippen molar-refractivity contribution in [2.75, 3.05) is 26.3 Å². The molecule has 0 aromatic heterocycles. The maximum atomic E-state index is 9.64. The zero-order valence-corrected chi connectivity index (χ0v) is 8.28. The van der Waals surface area contributed by atoms with Crippen molar-refractivity contribution in [3.8, 4) is 0 Å². The lowest BCUT2D eigenvalue weighted by atomic mass is 9.97. The monoisotopic (exact) mass is 185 g/mol. The highest BCUT2D eigenvalue weighted by molar-refractivity contribution is 4.85. The van der Waals surface area contributed by atoms with Crippen LogP contribution in [0.25, 0.3) is 0 Å². The van der Waals surface area contributed by atoms with Gasteiger partial charge >= 0.3 is 0 Å². The largest absolute Gasteiger partial charge is 0.389 e. The van der Waals surface area contributed by atoms with E-state index in [2.05, 4.69) is 11.8 Å². The number of aliphatic hydroxyl groups excluding tert-OH is 1. The van der Waals surface area contributed by atoms with Crippen LogP contribution in [0.5, 0.6) is 0 Å². The van der Waals surface area contributed by atoms with E-state index in [4.69, 9.17) is 4.74 Å². The molecule has 2 fully saturated rings. The minimum Gasteiger partial charge on any atom is -0.389 e. The average Bonchev–Trinajstić information content (AvgIpc) is 2.53. The van der Waals surface area contributed by atoms with Crippen molar-refractivity contribution in [2.24, 2.45) is 5.92 Å². The zero-order chi connectivity index (χ0) is 9.26. The van der Waals surface area contributed by atoms with Crippen LogP contribution in [-0.4, -0.2) is 48.5 Å². The van der Waals surface area contributed by atoms with Crippen LogP contribution in [0.2, 0.25) is 0 Å². The summed E-state index contributed by atoms with van der Waals surface area (Å²) < 4.78 is 5.26. The Hall–Kier alpha value is -0.120. The maximum absolute atomic E-state index is 9.64. The van der Waals surface area contributed by atoms with E-state index in [1.807, 2.05) is 0 Å². The first-order valence-electron chi connectivity index (χ1n) is 5.27. The molecule has 0 aliphatic carbocycles. The van der Waals surface area contributed by atoms with Crippen LogP contribution >= 0.6 is 0 Å². The third kappa shape index (κ3) is 2.03. The minimum atomic E-state index is -0.256. The fourth-order valence-corrected chi connectivity index (χ4v) is 2.24. The van der Waals surface area contributed by atoms with Crippen LogP contribution in [0.15, 0.2) is 0 Å². The molecule has 2 heterocycles. The maximum Gasteiger partial charge on any atom is 0.0950 e. The number of hydrogen-bond acceptors (Lipinski definition) is 3.